The fourth-order valence-electron chi connectivity index (χ4n) is 7.13. The van der Waals surface area contributed by atoms with Crippen molar-refractivity contribution in [3.63, 3.8) is 0 Å². The van der Waals surface area contributed by atoms with Crippen molar-refractivity contribution in [2.45, 2.75) is 57.0 Å². The van der Waals surface area contributed by atoms with E-state index in [4.69, 9.17) is 25.2 Å². The van der Waals surface area contributed by atoms with Gasteiger partial charge in [0.2, 0.25) is 17.7 Å². The minimum Gasteiger partial charge on any atom is -0.389 e. The molecule has 11 nitrogen and oxygen atoms in total. The molecule has 3 aliphatic heterocycles. The standard InChI is InChI=1S/C28H36N10OS/c1-16-14-36(3)8-5-9-37(16)27-32-19(10-22(33-27)38-15-17-12-31-13-20(17)38)25-34-26(39-35-25)28(2)7-4-6-21-23(28)18(11-29)24(30)40-21/h10,16-17,20,31H,4-9,12-15,30H2,1-3H3/t16-,17+,20+,28-/m0/s1. The molecule has 0 aromatic carbocycles. The summed E-state index contributed by atoms with van der Waals surface area (Å²) in [5, 5.41) is 18.4. The molecule has 3 fully saturated rings. The van der Waals surface area contributed by atoms with Crippen LogP contribution in [0.15, 0.2) is 10.6 Å². The zero-order chi connectivity index (χ0) is 27.6. The summed E-state index contributed by atoms with van der Waals surface area (Å²) in [6, 6.07) is 5.08. The van der Waals surface area contributed by atoms with Crippen LogP contribution >= 0.6 is 11.3 Å². The van der Waals surface area contributed by atoms with Gasteiger partial charge in [-0.05, 0) is 53.1 Å². The van der Waals surface area contributed by atoms with E-state index < -0.39 is 5.41 Å². The molecule has 12 heteroatoms. The average Bonchev–Trinajstić information content (AvgIpc) is 3.61. The first-order chi connectivity index (χ1) is 19.4. The van der Waals surface area contributed by atoms with Gasteiger partial charge in [-0.1, -0.05) is 5.16 Å². The largest absolute Gasteiger partial charge is 0.389 e. The van der Waals surface area contributed by atoms with E-state index >= 15 is 0 Å². The lowest BCUT2D eigenvalue weighted by atomic mass is 9.72. The Morgan fingerprint density at radius 2 is 2.05 bits per heavy atom. The molecule has 0 radical (unpaired) electrons. The van der Waals surface area contributed by atoms with Gasteiger partial charge in [0.05, 0.1) is 11.0 Å². The number of aryl methyl sites for hydroxylation is 1. The molecule has 4 atom stereocenters. The first-order valence-electron chi connectivity index (χ1n) is 14.3. The molecular formula is C28H36N10OS. The number of hydrogen-bond donors (Lipinski definition) is 2. The van der Waals surface area contributed by atoms with Crippen LogP contribution in [0.3, 0.4) is 0 Å². The minimum absolute atomic E-state index is 0.279. The zero-order valence-electron chi connectivity index (χ0n) is 23.4. The Hall–Kier alpha value is -3.27. The van der Waals surface area contributed by atoms with Gasteiger partial charge in [-0.15, -0.1) is 11.3 Å². The summed E-state index contributed by atoms with van der Waals surface area (Å²) in [5.74, 6) is 3.27. The highest BCUT2D eigenvalue weighted by Gasteiger charge is 2.44. The highest BCUT2D eigenvalue weighted by molar-refractivity contribution is 7.16. The van der Waals surface area contributed by atoms with Gasteiger partial charge in [-0.25, -0.2) is 4.98 Å². The molecular weight excluding hydrogens is 524 g/mol. The summed E-state index contributed by atoms with van der Waals surface area (Å²) < 4.78 is 5.97. The molecule has 40 heavy (non-hydrogen) atoms. The van der Waals surface area contributed by atoms with Crippen LogP contribution < -0.4 is 20.9 Å². The Balaban J connectivity index is 1.29. The van der Waals surface area contributed by atoms with E-state index in [9.17, 15) is 5.26 Å². The Morgan fingerprint density at radius 3 is 2.88 bits per heavy atom. The van der Waals surface area contributed by atoms with Crippen LogP contribution in [0.1, 0.15) is 55.0 Å². The third-order valence-corrected chi connectivity index (χ3v) is 10.4. The molecule has 0 spiro atoms. The van der Waals surface area contributed by atoms with E-state index in [2.05, 4.69) is 52.1 Å². The summed E-state index contributed by atoms with van der Waals surface area (Å²) in [4.78, 5) is 23.3. The highest BCUT2D eigenvalue weighted by atomic mass is 32.1. The Labute approximate surface area is 238 Å². The Morgan fingerprint density at radius 1 is 1.18 bits per heavy atom. The molecule has 3 aromatic heterocycles. The number of nitriles is 1. The predicted molar refractivity (Wildman–Crippen MR) is 155 cm³/mol. The van der Waals surface area contributed by atoms with E-state index in [1.54, 1.807) is 0 Å². The van der Waals surface area contributed by atoms with Crippen LogP contribution in [0.5, 0.6) is 0 Å². The van der Waals surface area contributed by atoms with Gasteiger partial charge in [-0.3, -0.25) is 0 Å². The van der Waals surface area contributed by atoms with Crippen LogP contribution in [-0.2, 0) is 11.8 Å². The van der Waals surface area contributed by atoms with E-state index in [0.29, 0.717) is 39.9 Å². The number of hydrogen-bond acceptors (Lipinski definition) is 12. The quantitative estimate of drug-likeness (QED) is 0.487. The molecule has 1 aliphatic carbocycles. The highest BCUT2D eigenvalue weighted by Crippen LogP contribution is 2.48. The lowest BCUT2D eigenvalue weighted by molar-refractivity contribution is 0.300. The molecule has 3 saturated heterocycles. The van der Waals surface area contributed by atoms with Gasteiger partial charge in [-0.2, -0.15) is 15.2 Å². The molecule has 3 aromatic rings. The number of rotatable bonds is 4. The average molecular weight is 561 g/mol. The molecule has 3 N–H and O–H groups in total. The predicted octanol–water partition coefficient (Wildman–Crippen LogP) is 2.62. The third kappa shape index (κ3) is 4.05. The van der Waals surface area contributed by atoms with Crippen molar-refractivity contribution in [3.05, 3.63) is 28.0 Å². The minimum atomic E-state index is -0.569. The van der Waals surface area contributed by atoms with E-state index in [0.717, 1.165) is 87.2 Å². The Bertz CT molecular complexity index is 1480. The van der Waals surface area contributed by atoms with Crippen LogP contribution in [0.25, 0.3) is 11.5 Å². The van der Waals surface area contributed by atoms with E-state index in [1.165, 1.54) is 11.3 Å². The summed E-state index contributed by atoms with van der Waals surface area (Å²) in [6.07, 6.45) is 3.76. The fourth-order valence-corrected chi connectivity index (χ4v) is 8.32. The lowest BCUT2D eigenvalue weighted by Crippen LogP contribution is -2.56. The van der Waals surface area contributed by atoms with E-state index in [-0.39, 0.29) is 6.04 Å². The molecule has 0 bridgehead atoms. The fraction of sp³-hybridized carbons (Fsp3) is 0.607. The number of nitrogen functional groups attached to an aromatic ring is 1. The van der Waals surface area contributed by atoms with Gasteiger partial charge in [0.1, 0.15) is 22.6 Å². The maximum Gasteiger partial charge on any atom is 0.237 e. The van der Waals surface area contributed by atoms with Crippen molar-refractivity contribution in [3.8, 4) is 17.6 Å². The number of fused-ring (bicyclic) bond motifs is 2. The molecule has 0 amide bonds. The SMILES string of the molecule is C[C@H]1CN(C)CCCN1c1nc(-c2noc([C@@]3(C)CCCc4sc(N)c(C#N)c43)n2)cc(N2C[C@H]3CNC[C@H]32)n1. The normalized spacial score (nSPS) is 28.5. The Kier molecular flexibility index (Phi) is 6.21. The van der Waals surface area contributed by atoms with Crippen molar-refractivity contribution >= 4 is 28.1 Å². The maximum atomic E-state index is 9.89. The monoisotopic (exact) mass is 560 g/mol. The van der Waals surface area contributed by atoms with Crippen molar-refractivity contribution in [1.82, 2.24) is 30.3 Å². The van der Waals surface area contributed by atoms with E-state index in [1.807, 2.05) is 6.07 Å². The number of anilines is 3. The van der Waals surface area contributed by atoms with Crippen LogP contribution in [0.4, 0.5) is 16.8 Å². The first kappa shape index (κ1) is 25.7. The second kappa shape index (κ2) is 9.68. The summed E-state index contributed by atoms with van der Waals surface area (Å²) in [5.41, 5.74) is 7.84. The van der Waals surface area contributed by atoms with Gasteiger partial charge in [0.25, 0.3) is 0 Å². The number of thiophene rings is 1. The topological polar surface area (TPSA) is 136 Å². The van der Waals surface area contributed by atoms with Crippen LogP contribution in [0.2, 0.25) is 0 Å². The molecule has 210 valence electrons. The zero-order valence-corrected chi connectivity index (χ0v) is 24.2. The van der Waals surface area contributed by atoms with Crippen molar-refractivity contribution in [2.75, 3.05) is 61.8 Å². The molecule has 0 saturated carbocycles. The first-order valence-corrected chi connectivity index (χ1v) is 15.1. The summed E-state index contributed by atoms with van der Waals surface area (Å²) >= 11 is 1.51. The van der Waals surface area contributed by atoms with Crippen molar-refractivity contribution in [2.24, 2.45) is 5.92 Å². The molecule has 6 heterocycles. The smallest absolute Gasteiger partial charge is 0.237 e. The molecule has 0 unspecified atom stereocenters. The number of likely N-dealkylation sites (N-methyl/N-ethyl adjacent to an activating group) is 1. The lowest BCUT2D eigenvalue weighted by Gasteiger charge is -2.45. The molecule has 4 aliphatic rings. The second-order valence-corrected chi connectivity index (χ2v) is 13.2. The van der Waals surface area contributed by atoms with Crippen LogP contribution in [-0.4, -0.2) is 83.4 Å². The summed E-state index contributed by atoms with van der Waals surface area (Å²) in [7, 11) is 2.17. The van der Waals surface area contributed by atoms with Gasteiger partial charge in [0.15, 0.2) is 0 Å². The number of nitrogens with one attached hydrogen (secondary N) is 1. The number of nitrogens with two attached hydrogens (primary N) is 1. The van der Waals surface area contributed by atoms with Crippen LogP contribution in [0, 0.1) is 17.2 Å². The summed E-state index contributed by atoms with van der Waals surface area (Å²) in [6.45, 7) is 10.3. The number of nitrogens with zero attached hydrogens (tertiary/aromatic N) is 8. The maximum absolute atomic E-state index is 9.89. The van der Waals surface area contributed by atoms with Gasteiger partial charge >= 0.3 is 0 Å². The second-order valence-electron chi connectivity index (χ2n) is 12.1. The van der Waals surface area contributed by atoms with Crippen molar-refractivity contribution in [1.29, 1.82) is 5.26 Å². The molecule has 7 rings (SSSR count). The van der Waals surface area contributed by atoms with Gasteiger partial charge < -0.3 is 30.3 Å². The van der Waals surface area contributed by atoms with Gasteiger partial charge in [0, 0.05) is 67.2 Å². The van der Waals surface area contributed by atoms with Crippen molar-refractivity contribution < 1.29 is 4.52 Å². The third-order valence-electron chi connectivity index (χ3n) is 9.31. The number of aromatic nitrogens is 4.